The molecular formula is C15H22O. The maximum Gasteiger partial charge on any atom is 0.0614 e. The van der Waals surface area contributed by atoms with Crippen molar-refractivity contribution in [3.05, 3.63) is 46.0 Å². The van der Waals surface area contributed by atoms with Gasteiger partial charge >= 0.3 is 0 Å². The zero-order valence-electron chi connectivity index (χ0n) is 10.8. The third kappa shape index (κ3) is 3.49. The van der Waals surface area contributed by atoms with Crippen molar-refractivity contribution in [2.75, 3.05) is 6.61 Å². The van der Waals surface area contributed by atoms with Crippen LogP contribution in [0.4, 0.5) is 0 Å². The largest absolute Gasteiger partial charge is 0.392 e. The van der Waals surface area contributed by atoms with Crippen molar-refractivity contribution in [3.63, 3.8) is 0 Å². The fourth-order valence-electron chi connectivity index (χ4n) is 1.88. The van der Waals surface area contributed by atoms with Gasteiger partial charge in [0.25, 0.3) is 0 Å². The number of aliphatic hydroxyl groups is 1. The molecule has 0 spiro atoms. The van der Waals surface area contributed by atoms with Crippen molar-refractivity contribution in [2.24, 2.45) is 0 Å². The lowest BCUT2D eigenvalue weighted by atomic mass is 9.96. The van der Waals surface area contributed by atoms with Crippen molar-refractivity contribution < 1.29 is 5.11 Å². The third-order valence-electron chi connectivity index (χ3n) is 3.18. The van der Waals surface area contributed by atoms with Gasteiger partial charge in [0.05, 0.1) is 6.61 Å². The van der Waals surface area contributed by atoms with Gasteiger partial charge in [0, 0.05) is 0 Å². The van der Waals surface area contributed by atoms with Gasteiger partial charge in [-0.1, -0.05) is 23.8 Å². The van der Waals surface area contributed by atoms with Gasteiger partial charge in [-0.05, 0) is 62.8 Å². The van der Waals surface area contributed by atoms with Gasteiger partial charge in [0.2, 0.25) is 0 Å². The van der Waals surface area contributed by atoms with E-state index in [1.165, 1.54) is 27.8 Å². The number of allylic oxidation sites excluding steroid dienone is 1. The maximum absolute atomic E-state index is 8.79. The summed E-state index contributed by atoms with van der Waals surface area (Å²) < 4.78 is 0. The molecular weight excluding hydrogens is 196 g/mol. The molecule has 0 aromatic heterocycles. The van der Waals surface area contributed by atoms with Crippen molar-refractivity contribution in [2.45, 2.75) is 40.5 Å². The Labute approximate surface area is 98.8 Å². The van der Waals surface area contributed by atoms with E-state index in [1.54, 1.807) is 0 Å². The molecule has 0 heterocycles. The number of hydrogen-bond acceptors (Lipinski definition) is 1. The molecule has 1 nitrogen and oxygen atoms in total. The van der Waals surface area contributed by atoms with Gasteiger partial charge in [-0.3, -0.25) is 0 Å². The second-order valence-electron chi connectivity index (χ2n) is 4.60. The van der Waals surface area contributed by atoms with Crippen LogP contribution >= 0.6 is 0 Å². The highest BCUT2D eigenvalue weighted by Crippen LogP contribution is 2.18. The van der Waals surface area contributed by atoms with Crippen molar-refractivity contribution in [1.82, 2.24) is 0 Å². The van der Waals surface area contributed by atoms with E-state index in [1.807, 2.05) is 6.08 Å². The Morgan fingerprint density at radius 1 is 1.12 bits per heavy atom. The summed E-state index contributed by atoms with van der Waals surface area (Å²) in [6.07, 6.45) is 3.98. The summed E-state index contributed by atoms with van der Waals surface area (Å²) in [5.74, 6) is 0. The third-order valence-corrected chi connectivity index (χ3v) is 3.18. The summed E-state index contributed by atoms with van der Waals surface area (Å²) in [7, 11) is 0. The fourth-order valence-corrected chi connectivity index (χ4v) is 1.88. The van der Waals surface area contributed by atoms with Crippen LogP contribution in [0.2, 0.25) is 0 Å². The Bertz CT molecular complexity index is 389. The van der Waals surface area contributed by atoms with Crippen LogP contribution < -0.4 is 0 Å². The predicted octanol–water partition coefficient (Wildman–Crippen LogP) is 3.48. The van der Waals surface area contributed by atoms with Crippen molar-refractivity contribution in [1.29, 1.82) is 0 Å². The minimum atomic E-state index is 0.151. The monoisotopic (exact) mass is 218 g/mol. The van der Waals surface area contributed by atoms with Gasteiger partial charge in [0.15, 0.2) is 0 Å². The maximum atomic E-state index is 8.79. The Morgan fingerprint density at radius 3 is 2.38 bits per heavy atom. The summed E-state index contributed by atoms with van der Waals surface area (Å²) in [5, 5.41) is 8.79. The van der Waals surface area contributed by atoms with Crippen molar-refractivity contribution in [3.8, 4) is 0 Å². The Hall–Kier alpha value is -1.08. The quantitative estimate of drug-likeness (QED) is 0.767. The molecule has 0 atom stereocenters. The normalized spacial score (nSPS) is 11.9. The topological polar surface area (TPSA) is 20.2 Å². The van der Waals surface area contributed by atoms with Crippen LogP contribution in [0, 0.1) is 20.8 Å². The highest BCUT2D eigenvalue weighted by atomic mass is 16.2. The minimum Gasteiger partial charge on any atom is -0.392 e. The van der Waals surface area contributed by atoms with Gasteiger partial charge in [0.1, 0.15) is 0 Å². The number of aliphatic hydroxyl groups excluding tert-OH is 1. The highest BCUT2D eigenvalue weighted by Gasteiger charge is 2.02. The molecule has 16 heavy (non-hydrogen) atoms. The van der Waals surface area contributed by atoms with E-state index in [9.17, 15) is 0 Å². The number of hydrogen-bond donors (Lipinski definition) is 1. The van der Waals surface area contributed by atoms with Gasteiger partial charge < -0.3 is 5.11 Å². The molecule has 0 unspecified atom stereocenters. The van der Waals surface area contributed by atoms with Crippen molar-refractivity contribution >= 4 is 0 Å². The summed E-state index contributed by atoms with van der Waals surface area (Å²) in [4.78, 5) is 0. The lowest BCUT2D eigenvalue weighted by Crippen LogP contribution is -1.94. The first kappa shape index (κ1) is 13.0. The lowest BCUT2D eigenvalue weighted by molar-refractivity contribution is 0.341. The van der Waals surface area contributed by atoms with Gasteiger partial charge in [-0.15, -0.1) is 0 Å². The standard InChI is InChI=1S/C15H22O/c1-11(7-8-16)5-6-15-10-13(3)12(2)9-14(15)4/h7,9-10,16H,5-6,8H2,1-4H3. The summed E-state index contributed by atoms with van der Waals surface area (Å²) in [6, 6.07) is 4.55. The first-order valence-corrected chi connectivity index (χ1v) is 5.87. The van der Waals surface area contributed by atoms with Crippen LogP contribution in [-0.2, 0) is 6.42 Å². The molecule has 0 amide bonds. The Balaban J connectivity index is 2.75. The predicted molar refractivity (Wildman–Crippen MR) is 69.8 cm³/mol. The van der Waals surface area contributed by atoms with Gasteiger partial charge in [-0.2, -0.15) is 0 Å². The molecule has 0 saturated heterocycles. The van der Waals surface area contributed by atoms with Gasteiger partial charge in [-0.25, -0.2) is 0 Å². The molecule has 0 fully saturated rings. The fraction of sp³-hybridized carbons (Fsp3) is 0.467. The zero-order valence-corrected chi connectivity index (χ0v) is 10.8. The average Bonchev–Trinajstić information content (AvgIpc) is 2.22. The molecule has 1 rings (SSSR count). The molecule has 0 aliphatic heterocycles. The zero-order chi connectivity index (χ0) is 12.1. The molecule has 0 aliphatic rings. The molecule has 0 saturated carbocycles. The van der Waals surface area contributed by atoms with E-state index in [0.717, 1.165) is 12.8 Å². The van der Waals surface area contributed by atoms with Crippen LogP contribution in [0.5, 0.6) is 0 Å². The smallest absolute Gasteiger partial charge is 0.0614 e. The van der Waals surface area contributed by atoms with Crippen LogP contribution in [0.1, 0.15) is 35.6 Å². The van der Waals surface area contributed by atoms with E-state index >= 15 is 0 Å². The van der Waals surface area contributed by atoms with Crippen LogP contribution in [0.3, 0.4) is 0 Å². The number of rotatable bonds is 4. The summed E-state index contributed by atoms with van der Waals surface area (Å²) in [5.41, 5.74) is 6.79. The summed E-state index contributed by atoms with van der Waals surface area (Å²) >= 11 is 0. The second-order valence-corrected chi connectivity index (χ2v) is 4.60. The molecule has 0 aliphatic carbocycles. The summed E-state index contributed by atoms with van der Waals surface area (Å²) in [6.45, 7) is 8.72. The highest BCUT2D eigenvalue weighted by molar-refractivity contribution is 5.36. The van der Waals surface area contributed by atoms with E-state index in [2.05, 4.69) is 39.8 Å². The van der Waals surface area contributed by atoms with E-state index in [4.69, 9.17) is 5.11 Å². The van der Waals surface area contributed by atoms with E-state index < -0.39 is 0 Å². The molecule has 88 valence electrons. The molecule has 0 bridgehead atoms. The Morgan fingerprint density at radius 2 is 1.75 bits per heavy atom. The molecule has 1 heteroatoms. The first-order valence-electron chi connectivity index (χ1n) is 5.87. The first-order chi connectivity index (χ1) is 7.54. The molecule has 0 radical (unpaired) electrons. The Kier molecular flexibility index (Phi) is 4.75. The van der Waals surface area contributed by atoms with Crippen LogP contribution in [0.15, 0.2) is 23.8 Å². The minimum absolute atomic E-state index is 0.151. The number of aryl methyl sites for hydroxylation is 4. The molecule has 1 aromatic rings. The molecule has 1 N–H and O–H groups in total. The van der Waals surface area contributed by atoms with Crippen LogP contribution in [0.25, 0.3) is 0 Å². The number of benzene rings is 1. The molecule has 1 aromatic carbocycles. The van der Waals surface area contributed by atoms with E-state index in [0.29, 0.717) is 0 Å². The SMILES string of the molecule is CC(=CCO)CCc1cc(C)c(C)cc1C. The van der Waals surface area contributed by atoms with Crippen LogP contribution in [-0.4, -0.2) is 11.7 Å². The second kappa shape index (κ2) is 5.86. The average molecular weight is 218 g/mol. The lowest BCUT2D eigenvalue weighted by Gasteiger charge is -2.10. The van der Waals surface area contributed by atoms with E-state index in [-0.39, 0.29) is 6.61 Å².